The highest BCUT2D eigenvalue weighted by molar-refractivity contribution is 5.20. The predicted molar refractivity (Wildman–Crippen MR) is 41.0 cm³/mol. The zero-order valence-electron chi connectivity index (χ0n) is 6.92. The summed E-state index contributed by atoms with van der Waals surface area (Å²) >= 11 is 0. The van der Waals surface area contributed by atoms with E-state index in [0.29, 0.717) is 5.76 Å². The molecule has 0 bridgehead atoms. The largest absolute Gasteiger partial charge is 0.505 e. The van der Waals surface area contributed by atoms with E-state index in [-0.39, 0.29) is 5.76 Å². The summed E-state index contributed by atoms with van der Waals surface area (Å²) in [6.45, 7) is 3.47. The Morgan fingerprint density at radius 1 is 1.64 bits per heavy atom. The van der Waals surface area contributed by atoms with Gasteiger partial charge in [0.2, 0.25) is 5.79 Å². The summed E-state index contributed by atoms with van der Waals surface area (Å²) in [5, 5.41) is 9.12. The van der Waals surface area contributed by atoms with E-state index in [2.05, 4.69) is 0 Å². The fraction of sp³-hybridized carbons (Fsp3) is 0.500. The van der Waals surface area contributed by atoms with E-state index in [1.54, 1.807) is 33.1 Å². The molecule has 1 heterocycles. The van der Waals surface area contributed by atoms with Gasteiger partial charge in [0, 0.05) is 14.0 Å². The van der Waals surface area contributed by atoms with Gasteiger partial charge in [0.25, 0.3) is 0 Å². The number of hydrogen-bond donors (Lipinski definition) is 1. The standard InChI is InChI=1S/C8H12O3/c1-6-7(9)4-5-8(2,10-3)11-6/h4-5,9H,1-3H3. The molecule has 0 radical (unpaired) electrons. The SMILES string of the molecule is COC1(C)C=CC(O)=C(C)O1. The number of allylic oxidation sites excluding steroid dienone is 2. The second-order valence-corrected chi connectivity index (χ2v) is 2.60. The van der Waals surface area contributed by atoms with E-state index in [9.17, 15) is 0 Å². The highest BCUT2D eigenvalue weighted by atomic mass is 16.7. The molecule has 0 amide bonds. The Morgan fingerprint density at radius 3 is 2.73 bits per heavy atom. The quantitative estimate of drug-likeness (QED) is 0.628. The molecule has 0 aromatic rings. The maximum Gasteiger partial charge on any atom is 0.227 e. The van der Waals surface area contributed by atoms with Gasteiger partial charge in [-0.15, -0.1) is 0 Å². The molecular weight excluding hydrogens is 144 g/mol. The molecule has 0 fully saturated rings. The van der Waals surface area contributed by atoms with Crippen LogP contribution in [0.1, 0.15) is 13.8 Å². The summed E-state index contributed by atoms with van der Waals surface area (Å²) in [7, 11) is 1.56. The monoisotopic (exact) mass is 156 g/mol. The summed E-state index contributed by atoms with van der Waals surface area (Å²) in [5.74, 6) is -0.0903. The third-order valence-electron chi connectivity index (χ3n) is 1.67. The van der Waals surface area contributed by atoms with Gasteiger partial charge in [0.1, 0.15) is 5.76 Å². The molecule has 1 unspecified atom stereocenters. The fourth-order valence-electron chi connectivity index (χ4n) is 0.848. The molecule has 1 N–H and O–H groups in total. The van der Waals surface area contributed by atoms with E-state index >= 15 is 0 Å². The van der Waals surface area contributed by atoms with Crippen LogP contribution in [0.15, 0.2) is 23.7 Å². The van der Waals surface area contributed by atoms with Crippen LogP contribution in [0, 0.1) is 0 Å². The number of hydrogen-bond acceptors (Lipinski definition) is 3. The van der Waals surface area contributed by atoms with Gasteiger partial charge in [0.05, 0.1) is 0 Å². The predicted octanol–water partition coefficient (Wildman–Crippen LogP) is 1.72. The summed E-state index contributed by atoms with van der Waals surface area (Å²) in [6, 6.07) is 0. The van der Waals surface area contributed by atoms with Gasteiger partial charge in [-0.2, -0.15) is 0 Å². The summed E-state index contributed by atoms with van der Waals surface area (Å²) in [6.07, 6.45) is 3.23. The molecule has 0 spiro atoms. The van der Waals surface area contributed by atoms with Crippen molar-refractivity contribution in [2.75, 3.05) is 7.11 Å². The molecule has 1 rings (SSSR count). The normalized spacial score (nSPS) is 30.5. The van der Waals surface area contributed by atoms with E-state index in [0.717, 1.165) is 0 Å². The van der Waals surface area contributed by atoms with Crippen molar-refractivity contribution >= 4 is 0 Å². The first-order valence-electron chi connectivity index (χ1n) is 3.40. The van der Waals surface area contributed by atoms with Crippen molar-refractivity contribution in [3.63, 3.8) is 0 Å². The topological polar surface area (TPSA) is 38.7 Å². The van der Waals surface area contributed by atoms with Crippen molar-refractivity contribution in [3.8, 4) is 0 Å². The van der Waals surface area contributed by atoms with Crippen molar-refractivity contribution < 1.29 is 14.6 Å². The van der Waals surface area contributed by atoms with Gasteiger partial charge in [-0.05, 0) is 19.1 Å². The molecular formula is C8H12O3. The van der Waals surface area contributed by atoms with Crippen LogP contribution in [0.2, 0.25) is 0 Å². The third-order valence-corrected chi connectivity index (χ3v) is 1.67. The van der Waals surface area contributed by atoms with Crippen LogP contribution < -0.4 is 0 Å². The zero-order valence-corrected chi connectivity index (χ0v) is 6.92. The maximum absolute atomic E-state index is 9.12. The molecule has 1 atom stereocenters. The van der Waals surface area contributed by atoms with Gasteiger partial charge < -0.3 is 14.6 Å². The molecule has 3 heteroatoms. The number of rotatable bonds is 1. The molecule has 62 valence electrons. The van der Waals surface area contributed by atoms with Gasteiger partial charge in [-0.25, -0.2) is 0 Å². The Hall–Kier alpha value is -0.960. The Labute approximate surface area is 65.9 Å². The molecule has 0 saturated heterocycles. The van der Waals surface area contributed by atoms with Crippen LogP contribution in [0.4, 0.5) is 0 Å². The average molecular weight is 156 g/mol. The molecule has 3 nitrogen and oxygen atoms in total. The minimum atomic E-state index is -0.726. The highest BCUT2D eigenvalue weighted by Gasteiger charge is 2.26. The summed E-state index contributed by atoms with van der Waals surface area (Å²) in [5.41, 5.74) is 0. The van der Waals surface area contributed by atoms with E-state index < -0.39 is 5.79 Å². The van der Waals surface area contributed by atoms with Crippen LogP contribution >= 0.6 is 0 Å². The van der Waals surface area contributed by atoms with E-state index in [1.165, 1.54) is 0 Å². The van der Waals surface area contributed by atoms with Crippen molar-refractivity contribution in [2.24, 2.45) is 0 Å². The Balaban J connectivity index is 2.81. The highest BCUT2D eigenvalue weighted by Crippen LogP contribution is 2.24. The van der Waals surface area contributed by atoms with Crippen molar-refractivity contribution in [1.82, 2.24) is 0 Å². The Bertz CT molecular complexity index is 217. The van der Waals surface area contributed by atoms with Gasteiger partial charge in [0.15, 0.2) is 5.76 Å². The molecule has 0 aliphatic carbocycles. The maximum atomic E-state index is 9.12. The Morgan fingerprint density at radius 2 is 2.27 bits per heavy atom. The van der Waals surface area contributed by atoms with Crippen molar-refractivity contribution in [2.45, 2.75) is 19.6 Å². The second kappa shape index (κ2) is 2.58. The number of aliphatic hydroxyl groups excluding tert-OH is 1. The fourth-order valence-corrected chi connectivity index (χ4v) is 0.848. The van der Waals surface area contributed by atoms with Crippen molar-refractivity contribution in [3.05, 3.63) is 23.7 Å². The lowest BCUT2D eigenvalue weighted by molar-refractivity contribution is -0.152. The lowest BCUT2D eigenvalue weighted by Gasteiger charge is -2.28. The molecule has 0 aromatic carbocycles. The molecule has 0 aromatic heterocycles. The number of ether oxygens (including phenoxy) is 2. The van der Waals surface area contributed by atoms with E-state index in [4.69, 9.17) is 14.6 Å². The lowest BCUT2D eigenvalue weighted by atomic mass is 10.2. The van der Waals surface area contributed by atoms with Gasteiger partial charge in [-0.3, -0.25) is 0 Å². The molecule has 0 saturated carbocycles. The van der Waals surface area contributed by atoms with Crippen LogP contribution in [0.3, 0.4) is 0 Å². The van der Waals surface area contributed by atoms with Gasteiger partial charge in [-0.1, -0.05) is 0 Å². The van der Waals surface area contributed by atoms with Gasteiger partial charge >= 0.3 is 0 Å². The third kappa shape index (κ3) is 1.54. The average Bonchev–Trinajstić information content (AvgIpc) is 1.98. The smallest absolute Gasteiger partial charge is 0.227 e. The summed E-state index contributed by atoms with van der Waals surface area (Å²) < 4.78 is 10.3. The minimum Gasteiger partial charge on any atom is -0.505 e. The lowest BCUT2D eigenvalue weighted by Crippen LogP contribution is -2.29. The van der Waals surface area contributed by atoms with Crippen LogP contribution in [0.25, 0.3) is 0 Å². The summed E-state index contributed by atoms with van der Waals surface area (Å²) in [4.78, 5) is 0. The second-order valence-electron chi connectivity index (χ2n) is 2.60. The first kappa shape index (κ1) is 8.14. The molecule has 1 aliphatic heterocycles. The van der Waals surface area contributed by atoms with Crippen molar-refractivity contribution in [1.29, 1.82) is 0 Å². The van der Waals surface area contributed by atoms with Crippen LogP contribution in [0.5, 0.6) is 0 Å². The first-order chi connectivity index (χ1) is 5.07. The van der Waals surface area contributed by atoms with Crippen LogP contribution in [-0.4, -0.2) is 18.0 Å². The number of aliphatic hydroxyl groups is 1. The number of methoxy groups -OCH3 is 1. The molecule has 1 aliphatic rings. The zero-order chi connectivity index (χ0) is 8.48. The van der Waals surface area contributed by atoms with Crippen LogP contribution in [-0.2, 0) is 9.47 Å². The Kier molecular flexibility index (Phi) is 1.91. The first-order valence-corrected chi connectivity index (χ1v) is 3.40. The molecule has 11 heavy (non-hydrogen) atoms. The van der Waals surface area contributed by atoms with E-state index in [1.807, 2.05) is 0 Å². The minimum absolute atomic E-state index is 0.152.